The second-order valence-electron chi connectivity index (χ2n) is 4.87. The van der Waals surface area contributed by atoms with Crippen LogP contribution in [0.3, 0.4) is 0 Å². The van der Waals surface area contributed by atoms with Crippen molar-refractivity contribution in [3.63, 3.8) is 0 Å². The van der Waals surface area contributed by atoms with Gasteiger partial charge in [0.1, 0.15) is 0 Å². The average Bonchev–Trinajstić information content (AvgIpc) is 2.28. The summed E-state index contributed by atoms with van der Waals surface area (Å²) in [5, 5.41) is 10.1. The van der Waals surface area contributed by atoms with E-state index in [-0.39, 0.29) is 17.9 Å². The van der Waals surface area contributed by atoms with E-state index in [0.717, 1.165) is 18.6 Å². The number of benzene rings is 1. The third kappa shape index (κ3) is 2.14. The van der Waals surface area contributed by atoms with Gasteiger partial charge in [0.15, 0.2) is 11.5 Å². The van der Waals surface area contributed by atoms with E-state index in [1.807, 2.05) is 0 Å². The molecule has 6 heteroatoms. The molecule has 0 aliphatic heterocycles. The summed E-state index contributed by atoms with van der Waals surface area (Å²) in [4.78, 5) is 0. The lowest BCUT2D eigenvalue weighted by Gasteiger charge is -2.43. The van der Waals surface area contributed by atoms with Gasteiger partial charge in [0.05, 0.1) is 12.7 Å². The van der Waals surface area contributed by atoms with Crippen LogP contribution < -0.4 is 10.5 Å². The summed E-state index contributed by atoms with van der Waals surface area (Å²) < 4.78 is 44.2. The lowest BCUT2D eigenvalue weighted by Crippen LogP contribution is -2.43. The molecule has 3 nitrogen and oxygen atoms in total. The molecule has 0 spiro atoms. The molecule has 0 aromatic heterocycles. The number of hydrogen-bond donors (Lipinski definition) is 2. The molecule has 1 fully saturated rings. The minimum Gasteiger partial charge on any atom is -0.504 e. The molecule has 1 aromatic rings. The van der Waals surface area contributed by atoms with Crippen LogP contribution in [0, 0.1) is 0 Å². The predicted octanol–water partition coefficient (Wildman–Crippen LogP) is 2.80. The fourth-order valence-corrected chi connectivity index (χ4v) is 2.67. The molecule has 0 amide bonds. The normalized spacial score (nSPS) is 17.9. The van der Waals surface area contributed by atoms with Crippen molar-refractivity contribution in [3.05, 3.63) is 23.3 Å². The van der Waals surface area contributed by atoms with Crippen molar-refractivity contribution < 1.29 is 23.0 Å². The van der Waals surface area contributed by atoms with Crippen LogP contribution in [-0.4, -0.2) is 18.8 Å². The highest BCUT2D eigenvalue weighted by Gasteiger charge is 2.47. The molecule has 2 rings (SSSR count). The molecule has 1 saturated carbocycles. The Kier molecular flexibility index (Phi) is 3.38. The summed E-state index contributed by atoms with van der Waals surface area (Å²) in [5.41, 5.74) is 3.93. The van der Waals surface area contributed by atoms with Gasteiger partial charge in [-0.2, -0.15) is 13.2 Å². The minimum absolute atomic E-state index is 0.0442. The summed E-state index contributed by atoms with van der Waals surface area (Å²) >= 11 is 0. The quantitative estimate of drug-likeness (QED) is 0.891. The zero-order chi connectivity index (χ0) is 14.3. The fraction of sp³-hybridized carbons (Fsp3) is 0.538. The van der Waals surface area contributed by atoms with Crippen molar-refractivity contribution in [3.8, 4) is 11.5 Å². The van der Waals surface area contributed by atoms with Crippen molar-refractivity contribution in [2.24, 2.45) is 5.73 Å². The van der Waals surface area contributed by atoms with E-state index in [9.17, 15) is 18.3 Å². The van der Waals surface area contributed by atoms with Gasteiger partial charge in [-0.15, -0.1) is 0 Å². The average molecular weight is 275 g/mol. The molecule has 0 atom stereocenters. The molecule has 1 aliphatic rings. The molecule has 0 saturated heterocycles. The van der Waals surface area contributed by atoms with E-state index in [2.05, 4.69) is 0 Å². The number of halogens is 3. The highest BCUT2D eigenvalue weighted by molar-refractivity contribution is 5.55. The maximum Gasteiger partial charge on any atom is 0.416 e. The number of aromatic hydroxyl groups is 1. The Morgan fingerprint density at radius 1 is 1.37 bits per heavy atom. The molecule has 0 heterocycles. The number of ether oxygens (including phenoxy) is 1. The fourth-order valence-electron chi connectivity index (χ4n) is 2.67. The molecule has 0 unspecified atom stereocenters. The van der Waals surface area contributed by atoms with Crippen molar-refractivity contribution in [2.75, 3.05) is 13.7 Å². The van der Waals surface area contributed by atoms with E-state index in [0.29, 0.717) is 12.8 Å². The molecule has 3 N–H and O–H groups in total. The summed E-state index contributed by atoms with van der Waals surface area (Å²) in [5.74, 6) is -0.398. The number of hydrogen-bond acceptors (Lipinski definition) is 3. The zero-order valence-corrected chi connectivity index (χ0v) is 10.5. The molecule has 1 aromatic carbocycles. The first-order chi connectivity index (χ1) is 8.85. The SMILES string of the molecule is COc1ccc(C(F)(F)F)c(C2(CN)CCC2)c1O. The van der Waals surface area contributed by atoms with Crippen LogP contribution in [0.15, 0.2) is 12.1 Å². The van der Waals surface area contributed by atoms with Crippen LogP contribution in [0.5, 0.6) is 11.5 Å². The first kappa shape index (κ1) is 14.0. The summed E-state index contributed by atoms with van der Waals surface area (Å²) in [7, 11) is 1.31. The smallest absolute Gasteiger partial charge is 0.416 e. The monoisotopic (exact) mass is 275 g/mol. The van der Waals surface area contributed by atoms with Gasteiger partial charge in [0.25, 0.3) is 0 Å². The minimum atomic E-state index is -4.52. The van der Waals surface area contributed by atoms with Gasteiger partial charge in [0.2, 0.25) is 0 Å². The molecule has 19 heavy (non-hydrogen) atoms. The Balaban J connectivity index is 2.67. The van der Waals surface area contributed by atoms with Crippen LogP contribution in [0.2, 0.25) is 0 Å². The van der Waals surface area contributed by atoms with Gasteiger partial charge in [0, 0.05) is 17.5 Å². The Bertz CT molecular complexity index is 476. The van der Waals surface area contributed by atoms with Gasteiger partial charge in [-0.1, -0.05) is 6.42 Å². The summed E-state index contributed by atoms with van der Waals surface area (Å²) in [6, 6.07) is 2.08. The van der Waals surface area contributed by atoms with Crippen molar-refractivity contribution >= 4 is 0 Å². The zero-order valence-electron chi connectivity index (χ0n) is 10.5. The van der Waals surface area contributed by atoms with E-state index >= 15 is 0 Å². The van der Waals surface area contributed by atoms with Crippen LogP contribution in [0.4, 0.5) is 13.2 Å². The number of methoxy groups -OCH3 is 1. The summed E-state index contributed by atoms with van der Waals surface area (Å²) in [6.07, 6.45) is -2.61. The van der Waals surface area contributed by atoms with Crippen molar-refractivity contribution in [2.45, 2.75) is 30.9 Å². The van der Waals surface area contributed by atoms with Gasteiger partial charge in [-0.05, 0) is 25.0 Å². The molecular weight excluding hydrogens is 259 g/mol. The van der Waals surface area contributed by atoms with Gasteiger partial charge >= 0.3 is 6.18 Å². The van der Waals surface area contributed by atoms with Crippen LogP contribution in [0.25, 0.3) is 0 Å². The molecule has 1 aliphatic carbocycles. The van der Waals surface area contributed by atoms with Gasteiger partial charge in [-0.25, -0.2) is 0 Å². The van der Waals surface area contributed by atoms with E-state index in [1.54, 1.807) is 0 Å². The first-order valence-corrected chi connectivity index (χ1v) is 6.03. The van der Waals surface area contributed by atoms with E-state index < -0.39 is 22.9 Å². The van der Waals surface area contributed by atoms with Crippen LogP contribution >= 0.6 is 0 Å². The maximum absolute atomic E-state index is 13.1. The van der Waals surface area contributed by atoms with Crippen molar-refractivity contribution in [1.82, 2.24) is 0 Å². The highest BCUT2D eigenvalue weighted by Crippen LogP contribution is 2.52. The van der Waals surface area contributed by atoms with Gasteiger partial charge < -0.3 is 15.6 Å². The second-order valence-corrected chi connectivity index (χ2v) is 4.87. The predicted molar refractivity (Wildman–Crippen MR) is 64.2 cm³/mol. The summed E-state index contributed by atoms with van der Waals surface area (Å²) in [6.45, 7) is 0.0802. The standard InChI is InChI=1S/C13H16F3NO2/c1-19-9-4-3-8(13(14,15)16)10(11(9)18)12(7-17)5-2-6-12/h3-4,18H,2,5-7,17H2,1H3. The van der Waals surface area contributed by atoms with Crippen molar-refractivity contribution in [1.29, 1.82) is 0 Å². The Hall–Kier alpha value is -1.43. The van der Waals surface area contributed by atoms with Crippen LogP contribution in [0.1, 0.15) is 30.4 Å². The lowest BCUT2D eigenvalue weighted by atomic mass is 9.63. The Morgan fingerprint density at radius 2 is 2.00 bits per heavy atom. The molecule has 0 radical (unpaired) electrons. The van der Waals surface area contributed by atoms with E-state index in [4.69, 9.17) is 10.5 Å². The molecule has 106 valence electrons. The number of nitrogens with two attached hydrogens (primary N) is 1. The third-order valence-corrected chi connectivity index (χ3v) is 3.90. The first-order valence-electron chi connectivity index (χ1n) is 6.03. The number of phenolic OH excluding ortho intramolecular Hbond substituents is 1. The number of alkyl halides is 3. The van der Waals surface area contributed by atoms with E-state index in [1.165, 1.54) is 7.11 Å². The topological polar surface area (TPSA) is 55.5 Å². The lowest BCUT2D eigenvalue weighted by molar-refractivity contribution is -0.139. The molecular formula is C13H16F3NO2. The van der Waals surface area contributed by atoms with Gasteiger partial charge in [-0.3, -0.25) is 0 Å². The van der Waals surface area contributed by atoms with Crippen LogP contribution in [-0.2, 0) is 11.6 Å². The highest BCUT2D eigenvalue weighted by atomic mass is 19.4. The Morgan fingerprint density at radius 3 is 2.37 bits per heavy atom. The maximum atomic E-state index is 13.1. The Labute approximate surface area is 109 Å². The third-order valence-electron chi connectivity index (χ3n) is 3.90. The molecule has 0 bridgehead atoms. The largest absolute Gasteiger partial charge is 0.504 e. The second kappa shape index (κ2) is 4.59. The number of rotatable bonds is 3. The number of phenols is 1.